The molecule has 1 unspecified atom stereocenters. The van der Waals surface area contributed by atoms with Crippen LogP contribution in [-0.2, 0) is 11.3 Å². The van der Waals surface area contributed by atoms with Gasteiger partial charge in [0.05, 0.1) is 5.54 Å². The van der Waals surface area contributed by atoms with Crippen LogP contribution >= 0.6 is 0 Å². The Morgan fingerprint density at radius 2 is 2.14 bits per heavy atom. The van der Waals surface area contributed by atoms with E-state index < -0.39 is 0 Å². The van der Waals surface area contributed by atoms with Gasteiger partial charge in [0.25, 0.3) is 0 Å². The Morgan fingerprint density at radius 3 is 2.76 bits per heavy atom. The molecule has 21 heavy (non-hydrogen) atoms. The van der Waals surface area contributed by atoms with Gasteiger partial charge in [0.2, 0.25) is 5.91 Å². The van der Waals surface area contributed by atoms with Crippen LogP contribution in [0.3, 0.4) is 0 Å². The molecule has 1 aliphatic heterocycles. The number of rotatable bonds is 6. The van der Waals surface area contributed by atoms with Crippen molar-refractivity contribution in [2.24, 2.45) is 0 Å². The number of benzene rings is 1. The molecule has 1 amide bonds. The Morgan fingerprint density at radius 1 is 1.38 bits per heavy atom. The van der Waals surface area contributed by atoms with E-state index in [4.69, 9.17) is 0 Å². The van der Waals surface area contributed by atoms with Crippen molar-refractivity contribution in [1.29, 1.82) is 0 Å². The zero-order valence-electron chi connectivity index (χ0n) is 13.4. The summed E-state index contributed by atoms with van der Waals surface area (Å²) in [6.45, 7) is 3.90. The standard InChI is InChI=1S/C17H27N3O/c1-4-10-17(11-7-12-18-17)16(21)19-15-9-6-5-8-14(15)13-20(2)3/h5-6,8-9,18H,4,7,10-13H2,1-3H3,(H,19,21). The first-order valence-corrected chi connectivity index (χ1v) is 7.86. The van der Waals surface area contributed by atoms with E-state index in [1.807, 2.05) is 32.3 Å². The van der Waals surface area contributed by atoms with Crippen molar-refractivity contribution in [3.05, 3.63) is 29.8 Å². The second-order valence-corrected chi connectivity index (χ2v) is 6.21. The molecule has 4 heteroatoms. The Kier molecular flexibility index (Phi) is 5.37. The van der Waals surface area contributed by atoms with Crippen LogP contribution in [0.15, 0.2) is 24.3 Å². The maximum Gasteiger partial charge on any atom is 0.244 e. The van der Waals surface area contributed by atoms with E-state index in [1.54, 1.807) is 0 Å². The summed E-state index contributed by atoms with van der Waals surface area (Å²) < 4.78 is 0. The third-order valence-corrected chi connectivity index (χ3v) is 4.11. The third kappa shape index (κ3) is 3.83. The summed E-state index contributed by atoms with van der Waals surface area (Å²) in [6.07, 6.45) is 3.92. The van der Waals surface area contributed by atoms with Gasteiger partial charge in [-0.1, -0.05) is 31.5 Å². The van der Waals surface area contributed by atoms with E-state index >= 15 is 0 Å². The lowest BCUT2D eigenvalue weighted by atomic mass is 9.90. The number of nitrogens with one attached hydrogen (secondary N) is 2. The average molecular weight is 289 g/mol. The van der Waals surface area contributed by atoms with Gasteiger partial charge in [0, 0.05) is 12.2 Å². The fraction of sp³-hybridized carbons (Fsp3) is 0.588. The van der Waals surface area contributed by atoms with Gasteiger partial charge in [0.1, 0.15) is 0 Å². The molecule has 1 saturated heterocycles. The molecule has 0 radical (unpaired) electrons. The highest BCUT2D eigenvalue weighted by atomic mass is 16.2. The lowest BCUT2D eigenvalue weighted by molar-refractivity contribution is -0.122. The molecule has 0 saturated carbocycles. The van der Waals surface area contributed by atoms with Crippen LogP contribution < -0.4 is 10.6 Å². The Balaban J connectivity index is 2.15. The summed E-state index contributed by atoms with van der Waals surface area (Å²) in [6, 6.07) is 8.06. The molecule has 1 fully saturated rings. The van der Waals surface area contributed by atoms with Gasteiger partial charge in [-0.3, -0.25) is 4.79 Å². The van der Waals surface area contributed by atoms with Gasteiger partial charge < -0.3 is 15.5 Å². The van der Waals surface area contributed by atoms with E-state index in [0.29, 0.717) is 0 Å². The van der Waals surface area contributed by atoms with Crippen LogP contribution in [0.5, 0.6) is 0 Å². The molecular weight excluding hydrogens is 262 g/mol. The molecule has 2 rings (SSSR count). The highest BCUT2D eigenvalue weighted by Gasteiger charge is 2.40. The number of para-hydroxylation sites is 1. The zero-order valence-corrected chi connectivity index (χ0v) is 13.4. The van der Waals surface area contributed by atoms with Gasteiger partial charge in [-0.15, -0.1) is 0 Å². The number of anilines is 1. The second-order valence-electron chi connectivity index (χ2n) is 6.21. The number of carbonyl (C=O) groups is 1. The molecule has 116 valence electrons. The van der Waals surface area contributed by atoms with Crippen LogP contribution in [-0.4, -0.2) is 37.0 Å². The topological polar surface area (TPSA) is 44.4 Å². The molecule has 0 spiro atoms. The molecule has 4 nitrogen and oxygen atoms in total. The summed E-state index contributed by atoms with van der Waals surface area (Å²) in [5, 5.41) is 6.58. The Bertz CT molecular complexity index is 479. The van der Waals surface area contributed by atoms with E-state index in [0.717, 1.165) is 50.0 Å². The smallest absolute Gasteiger partial charge is 0.244 e. The van der Waals surface area contributed by atoms with Crippen LogP contribution in [0.2, 0.25) is 0 Å². The minimum absolute atomic E-state index is 0.119. The lowest BCUT2D eigenvalue weighted by Gasteiger charge is -2.28. The van der Waals surface area contributed by atoms with Gasteiger partial charge in [-0.25, -0.2) is 0 Å². The third-order valence-electron chi connectivity index (χ3n) is 4.11. The minimum atomic E-state index is -0.375. The molecule has 1 atom stereocenters. The van der Waals surface area contributed by atoms with Crippen LogP contribution in [0, 0.1) is 0 Å². The number of hydrogen-bond donors (Lipinski definition) is 2. The van der Waals surface area contributed by atoms with Crippen molar-refractivity contribution in [2.75, 3.05) is 26.0 Å². The second kappa shape index (κ2) is 7.05. The molecule has 2 N–H and O–H groups in total. The molecule has 1 aromatic rings. The number of carbonyl (C=O) groups excluding carboxylic acids is 1. The predicted molar refractivity (Wildman–Crippen MR) is 87.3 cm³/mol. The summed E-state index contributed by atoms with van der Waals surface area (Å²) in [4.78, 5) is 14.9. The molecule has 1 aliphatic rings. The van der Waals surface area contributed by atoms with Crippen molar-refractivity contribution < 1.29 is 4.79 Å². The Labute approximate surface area is 127 Å². The van der Waals surface area contributed by atoms with Gasteiger partial charge in [-0.2, -0.15) is 0 Å². The van der Waals surface area contributed by atoms with E-state index in [1.165, 1.54) is 0 Å². The van der Waals surface area contributed by atoms with Crippen LogP contribution in [0.25, 0.3) is 0 Å². The first-order chi connectivity index (χ1) is 10.1. The number of nitrogens with zero attached hydrogens (tertiary/aromatic N) is 1. The maximum atomic E-state index is 12.8. The van der Waals surface area contributed by atoms with Gasteiger partial charge in [-0.05, 0) is 51.5 Å². The highest BCUT2D eigenvalue weighted by Crippen LogP contribution is 2.27. The van der Waals surface area contributed by atoms with Gasteiger partial charge in [0.15, 0.2) is 0 Å². The van der Waals surface area contributed by atoms with Crippen molar-refractivity contribution in [3.63, 3.8) is 0 Å². The molecular formula is C17H27N3O. The normalized spacial score (nSPS) is 21.7. The number of amides is 1. The van der Waals surface area contributed by atoms with E-state index in [2.05, 4.69) is 28.5 Å². The molecule has 0 bridgehead atoms. The van der Waals surface area contributed by atoms with Crippen molar-refractivity contribution in [2.45, 2.75) is 44.7 Å². The molecule has 0 aliphatic carbocycles. The first kappa shape index (κ1) is 16.0. The fourth-order valence-corrected chi connectivity index (χ4v) is 3.12. The summed E-state index contributed by atoms with van der Waals surface area (Å²) in [7, 11) is 4.07. The molecule has 1 heterocycles. The number of hydrogen-bond acceptors (Lipinski definition) is 3. The summed E-state index contributed by atoms with van der Waals surface area (Å²) >= 11 is 0. The quantitative estimate of drug-likeness (QED) is 0.846. The summed E-state index contributed by atoms with van der Waals surface area (Å²) in [5.74, 6) is 0.119. The molecule has 0 aromatic heterocycles. The van der Waals surface area contributed by atoms with Crippen LogP contribution in [0.1, 0.15) is 38.2 Å². The van der Waals surface area contributed by atoms with Crippen LogP contribution in [0.4, 0.5) is 5.69 Å². The summed E-state index contributed by atoms with van der Waals surface area (Å²) in [5.41, 5.74) is 1.71. The van der Waals surface area contributed by atoms with E-state index in [-0.39, 0.29) is 11.4 Å². The zero-order chi connectivity index (χ0) is 15.3. The maximum absolute atomic E-state index is 12.8. The SMILES string of the molecule is CCCC1(C(=O)Nc2ccccc2CN(C)C)CCCN1. The van der Waals surface area contributed by atoms with Crippen molar-refractivity contribution in [1.82, 2.24) is 10.2 Å². The largest absolute Gasteiger partial charge is 0.324 e. The average Bonchev–Trinajstić information content (AvgIpc) is 2.91. The predicted octanol–water partition coefficient (Wildman–Crippen LogP) is 2.61. The highest BCUT2D eigenvalue weighted by molar-refractivity contribution is 5.98. The van der Waals surface area contributed by atoms with Crippen molar-refractivity contribution in [3.8, 4) is 0 Å². The van der Waals surface area contributed by atoms with E-state index in [9.17, 15) is 4.79 Å². The Hall–Kier alpha value is -1.39. The van der Waals surface area contributed by atoms with Crippen molar-refractivity contribution >= 4 is 11.6 Å². The molecule has 1 aromatic carbocycles. The minimum Gasteiger partial charge on any atom is -0.324 e. The monoisotopic (exact) mass is 289 g/mol. The van der Waals surface area contributed by atoms with Gasteiger partial charge >= 0.3 is 0 Å². The fourth-order valence-electron chi connectivity index (χ4n) is 3.12. The lowest BCUT2D eigenvalue weighted by Crippen LogP contribution is -2.50. The first-order valence-electron chi connectivity index (χ1n) is 7.86.